The minimum Gasteiger partial charge on any atom is -0.480 e. The van der Waals surface area contributed by atoms with Crippen LogP contribution in [0.15, 0.2) is 36.4 Å². The van der Waals surface area contributed by atoms with Gasteiger partial charge in [0.25, 0.3) is 5.91 Å². The van der Waals surface area contributed by atoms with E-state index in [-0.39, 0.29) is 6.42 Å². The highest BCUT2D eigenvalue weighted by molar-refractivity contribution is 5.98. The lowest BCUT2D eigenvalue weighted by molar-refractivity contribution is -0.139. The zero-order chi connectivity index (χ0) is 29.2. The molecule has 1 aliphatic carbocycles. The summed E-state index contributed by atoms with van der Waals surface area (Å²) in [4.78, 5) is 31.4. The number of hydrogen-bond donors (Lipinski definition) is 3. The topological polar surface area (TPSA) is 104 Å². The van der Waals surface area contributed by atoms with Gasteiger partial charge in [0.2, 0.25) is 0 Å². The first-order chi connectivity index (χ1) is 19.7. The Morgan fingerprint density at radius 1 is 1.12 bits per heavy atom. The summed E-state index contributed by atoms with van der Waals surface area (Å²) in [5, 5.41) is 15.4. The van der Waals surface area contributed by atoms with E-state index in [2.05, 4.69) is 27.7 Å². The van der Waals surface area contributed by atoms with Crippen LogP contribution in [0.2, 0.25) is 0 Å². The molecule has 2 heterocycles. The van der Waals surface area contributed by atoms with Crippen LogP contribution in [-0.4, -0.2) is 72.3 Å². The number of alkyl halides is 3. The first-order valence-corrected chi connectivity index (χ1v) is 14.4. The summed E-state index contributed by atoms with van der Waals surface area (Å²) in [6.07, 6.45) is 2.44. The van der Waals surface area contributed by atoms with Crippen molar-refractivity contribution < 1.29 is 32.6 Å². The Morgan fingerprint density at radius 3 is 2.68 bits per heavy atom. The highest BCUT2D eigenvalue weighted by Gasteiger charge is 2.35. The van der Waals surface area contributed by atoms with Gasteiger partial charge in [-0.3, -0.25) is 4.79 Å². The van der Waals surface area contributed by atoms with Crippen molar-refractivity contribution >= 4 is 17.7 Å². The Bertz CT molecular complexity index is 1170. The van der Waals surface area contributed by atoms with Gasteiger partial charge >= 0.3 is 12.1 Å². The van der Waals surface area contributed by atoms with E-state index in [9.17, 15) is 27.9 Å². The molecule has 1 atom stereocenters. The number of pyridine rings is 1. The molecule has 0 spiro atoms. The number of ether oxygens (including phenoxy) is 1. The van der Waals surface area contributed by atoms with Crippen molar-refractivity contribution in [3.63, 3.8) is 0 Å². The summed E-state index contributed by atoms with van der Waals surface area (Å²) < 4.78 is 45.9. The number of carboxylic acid groups (broad SMARTS) is 1. The summed E-state index contributed by atoms with van der Waals surface area (Å²) >= 11 is 0. The molecule has 224 valence electrons. The van der Waals surface area contributed by atoms with Gasteiger partial charge < -0.3 is 25.4 Å². The second-order valence-electron chi connectivity index (χ2n) is 10.9. The quantitative estimate of drug-likeness (QED) is 0.247. The van der Waals surface area contributed by atoms with E-state index in [1.165, 1.54) is 30.5 Å². The minimum atomic E-state index is -4.73. The van der Waals surface area contributed by atoms with Gasteiger partial charge in [0.15, 0.2) is 0 Å². The van der Waals surface area contributed by atoms with Crippen LogP contribution in [0.1, 0.15) is 65.7 Å². The molecule has 0 radical (unpaired) electrons. The monoisotopic (exact) mass is 576 g/mol. The maximum absolute atomic E-state index is 13.4. The zero-order valence-corrected chi connectivity index (χ0v) is 23.2. The number of unbranched alkanes of at least 4 members (excludes halogenated alkanes) is 1. The Hall–Kier alpha value is -3.18. The van der Waals surface area contributed by atoms with Gasteiger partial charge in [0, 0.05) is 31.9 Å². The third-order valence-corrected chi connectivity index (χ3v) is 7.53. The molecule has 8 nitrogen and oxygen atoms in total. The average molecular weight is 577 g/mol. The Labute approximate surface area is 238 Å². The molecule has 1 aromatic heterocycles. The van der Waals surface area contributed by atoms with Gasteiger partial charge in [0.1, 0.15) is 11.9 Å². The van der Waals surface area contributed by atoms with Gasteiger partial charge in [0.05, 0.1) is 17.7 Å². The maximum atomic E-state index is 13.4. The molecule has 1 amide bonds. The number of aromatic nitrogens is 1. The zero-order valence-electron chi connectivity index (χ0n) is 23.2. The van der Waals surface area contributed by atoms with Gasteiger partial charge in [-0.05, 0) is 87.6 Å². The average Bonchev–Trinajstić information content (AvgIpc) is 3.78. The smallest absolute Gasteiger partial charge is 0.417 e. The van der Waals surface area contributed by atoms with Crippen molar-refractivity contribution in [1.29, 1.82) is 0 Å². The van der Waals surface area contributed by atoms with Gasteiger partial charge in [-0.25, -0.2) is 9.78 Å². The molecule has 1 aliphatic heterocycles. The van der Waals surface area contributed by atoms with Crippen LogP contribution >= 0.6 is 0 Å². The minimum absolute atomic E-state index is 0.0515. The van der Waals surface area contributed by atoms with Crippen LogP contribution in [0, 0.1) is 5.92 Å². The van der Waals surface area contributed by atoms with E-state index in [0.29, 0.717) is 32.2 Å². The molecule has 3 N–H and O–H groups in total. The van der Waals surface area contributed by atoms with E-state index < -0.39 is 35.2 Å². The number of carboxylic acids is 1. The summed E-state index contributed by atoms with van der Waals surface area (Å²) in [6.45, 7) is 3.83. The van der Waals surface area contributed by atoms with Crippen molar-refractivity contribution in [1.82, 2.24) is 15.2 Å². The number of carbonyl (C=O) groups excluding carboxylic acids is 1. The molecule has 1 unspecified atom stereocenters. The lowest BCUT2D eigenvalue weighted by atomic mass is 10.1. The number of anilines is 1. The molecule has 2 aliphatic rings. The molecule has 0 saturated heterocycles. The third-order valence-electron chi connectivity index (χ3n) is 7.53. The fourth-order valence-electron chi connectivity index (χ4n) is 4.95. The fourth-order valence-corrected chi connectivity index (χ4v) is 4.95. The third kappa shape index (κ3) is 9.71. The lowest BCUT2D eigenvalue weighted by Crippen LogP contribution is -2.44. The second-order valence-corrected chi connectivity index (χ2v) is 10.9. The van der Waals surface area contributed by atoms with Crippen LogP contribution in [0.4, 0.5) is 19.0 Å². The SMILES string of the molecule is O=C(NC(CCN(CCCCc1ccc2c(n1)NCCC2)CCOCC1CC1)C(=O)O)c1ccccc1C(F)(F)F. The van der Waals surface area contributed by atoms with Crippen molar-refractivity contribution in [3.8, 4) is 0 Å². The Morgan fingerprint density at radius 2 is 1.93 bits per heavy atom. The molecule has 1 aromatic carbocycles. The van der Waals surface area contributed by atoms with Crippen molar-refractivity contribution in [3.05, 3.63) is 58.8 Å². The Kier molecular flexibility index (Phi) is 11.0. The lowest BCUT2D eigenvalue weighted by Gasteiger charge is -2.24. The Balaban J connectivity index is 1.30. The summed E-state index contributed by atoms with van der Waals surface area (Å²) in [7, 11) is 0. The van der Waals surface area contributed by atoms with Crippen LogP contribution in [0.3, 0.4) is 0 Å². The molecule has 11 heteroatoms. The van der Waals surface area contributed by atoms with E-state index >= 15 is 0 Å². The summed E-state index contributed by atoms with van der Waals surface area (Å²) in [5.74, 6) is -0.743. The largest absolute Gasteiger partial charge is 0.480 e. The number of nitrogens with one attached hydrogen (secondary N) is 2. The number of aryl methyl sites for hydroxylation is 2. The molecule has 4 rings (SSSR count). The predicted octanol–water partition coefficient (Wildman–Crippen LogP) is 4.78. The van der Waals surface area contributed by atoms with E-state index in [4.69, 9.17) is 9.72 Å². The fraction of sp³-hybridized carbons (Fsp3) is 0.567. The number of fused-ring (bicyclic) bond motifs is 1. The van der Waals surface area contributed by atoms with Crippen LogP contribution in [0.25, 0.3) is 0 Å². The number of hydrogen-bond acceptors (Lipinski definition) is 6. The number of aliphatic carboxylic acids is 1. The second kappa shape index (κ2) is 14.6. The molecule has 1 saturated carbocycles. The summed E-state index contributed by atoms with van der Waals surface area (Å²) in [5.41, 5.74) is 0.590. The predicted molar refractivity (Wildman–Crippen MR) is 149 cm³/mol. The van der Waals surface area contributed by atoms with E-state index in [1.807, 2.05) is 0 Å². The van der Waals surface area contributed by atoms with Crippen molar-refractivity contribution in [2.45, 2.75) is 63.6 Å². The standard InChI is InChI=1S/C30H39F3N4O4/c31-30(32,33)25-9-2-1-8-24(25)28(38)36-26(29(39)40)14-17-37(18-19-41-20-21-10-11-21)16-4-3-7-23-13-12-22-6-5-15-34-27(22)35-23/h1-2,8-9,12-13,21,26H,3-7,10-11,14-20H2,(H,34,35)(H,36,38)(H,39,40). The van der Waals surface area contributed by atoms with Crippen molar-refractivity contribution in [2.75, 3.05) is 44.7 Å². The van der Waals surface area contributed by atoms with Gasteiger partial charge in [-0.2, -0.15) is 13.2 Å². The highest BCUT2D eigenvalue weighted by Crippen LogP contribution is 2.32. The number of carbonyl (C=O) groups is 2. The normalized spacial score (nSPS) is 15.7. The molecule has 0 bridgehead atoms. The summed E-state index contributed by atoms with van der Waals surface area (Å²) in [6, 6.07) is 7.26. The van der Waals surface area contributed by atoms with Crippen LogP contribution < -0.4 is 10.6 Å². The first kappa shape index (κ1) is 30.8. The number of rotatable bonds is 16. The molecule has 2 aromatic rings. The van der Waals surface area contributed by atoms with Gasteiger partial charge in [-0.1, -0.05) is 18.2 Å². The molecule has 1 fully saturated rings. The van der Waals surface area contributed by atoms with Gasteiger partial charge in [-0.15, -0.1) is 0 Å². The first-order valence-electron chi connectivity index (χ1n) is 14.4. The number of benzene rings is 1. The van der Waals surface area contributed by atoms with Crippen molar-refractivity contribution in [2.24, 2.45) is 5.92 Å². The highest BCUT2D eigenvalue weighted by atomic mass is 19.4. The number of nitrogens with zero attached hydrogens (tertiary/aromatic N) is 2. The van der Waals surface area contributed by atoms with Crippen LogP contribution in [-0.2, 0) is 28.5 Å². The number of amides is 1. The maximum Gasteiger partial charge on any atom is 0.417 e. The molecule has 41 heavy (non-hydrogen) atoms. The van der Waals surface area contributed by atoms with E-state index in [0.717, 1.165) is 68.9 Å². The molecular weight excluding hydrogens is 537 g/mol. The number of halogens is 3. The van der Waals surface area contributed by atoms with E-state index in [1.54, 1.807) is 0 Å². The van der Waals surface area contributed by atoms with Crippen LogP contribution in [0.5, 0.6) is 0 Å². The molecular formula is C30H39F3N4O4.